The van der Waals surface area contributed by atoms with E-state index in [1.165, 1.54) is 6.07 Å². The number of hydrogen-bond acceptors (Lipinski definition) is 3. The van der Waals surface area contributed by atoms with Crippen LogP contribution in [0.2, 0.25) is 0 Å². The third-order valence-corrected chi connectivity index (χ3v) is 3.61. The van der Waals surface area contributed by atoms with Gasteiger partial charge in [0, 0.05) is 45.0 Å². The Morgan fingerprint density at radius 1 is 1.25 bits per heavy atom. The quantitative estimate of drug-likeness (QED) is 0.443. The first kappa shape index (κ1) is 17.7. The molecule has 0 radical (unpaired) electrons. The molecule has 1 aromatic carbocycles. The maximum atomic E-state index is 13.7. The van der Waals surface area contributed by atoms with Crippen LogP contribution in [0.15, 0.2) is 53.7 Å². The van der Waals surface area contributed by atoms with Crippen LogP contribution in [-0.2, 0) is 6.42 Å². The van der Waals surface area contributed by atoms with Gasteiger partial charge in [0.1, 0.15) is 5.82 Å². The molecule has 0 saturated carbocycles. The smallest absolute Gasteiger partial charge is 0.188 e. The number of halogens is 1. The number of nitrogens with two attached hydrogens (primary N) is 1. The SMILES string of the molecule is CN(CCCN=C(N)NCCc1ccccn1)c1ccccc1F. The highest BCUT2D eigenvalue weighted by Gasteiger charge is 2.05. The number of benzene rings is 1. The largest absolute Gasteiger partial charge is 0.372 e. The maximum absolute atomic E-state index is 13.7. The summed E-state index contributed by atoms with van der Waals surface area (Å²) in [4.78, 5) is 10.4. The molecule has 1 heterocycles. The Hall–Kier alpha value is -2.63. The van der Waals surface area contributed by atoms with Gasteiger partial charge in [-0.25, -0.2) is 4.39 Å². The highest BCUT2D eigenvalue weighted by molar-refractivity contribution is 5.77. The summed E-state index contributed by atoms with van der Waals surface area (Å²) >= 11 is 0. The fourth-order valence-electron chi connectivity index (χ4n) is 2.31. The summed E-state index contributed by atoms with van der Waals surface area (Å²) in [5.41, 5.74) is 7.45. The van der Waals surface area contributed by atoms with Gasteiger partial charge in [-0.3, -0.25) is 9.98 Å². The molecule has 5 nitrogen and oxygen atoms in total. The lowest BCUT2D eigenvalue weighted by atomic mass is 10.2. The van der Waals surface area contributed by atoms with Crippen LogP contribution in [0.1, 0.15) is 12.1 Å². The second-order valence-corrected chi connectivity index (χ2v) is 5.49. The molecule has 0 bridgehead atoms. The molecule has 128 valence electrons. The first-order valence-electron chi connectivity index (χ1n) is 8.06. The number of aromatic nitrogens is 1. The minimum Gasteiger partial charge on any atom is -0.372 e. The molecular weight excluding hydrogens is 305 g/mol. The first-order chi connectivity index (χ1) is 11.7. The first-order valence-corrected chi connectivity index (χ1v) is 8.06. The molecule has 0 amide bonds. The maximum Gasteiger partial charge on any atom is 0.188 e. The average molecular weight is 329 g/mol. The summed E-state index contributed by atoms with van der Waals surface area (Å²) in [5.74, 6) is 0.221. The summed E-state index contributed by atoms with van der Waals surface area (Å²) in [6.45, 7) is 2.01. The van der Waals surface area contributed by atoms with Crippen molar-refractivity contribution in [1.82, 2.24) is 10.3 Å². The number of para-hydroxylation sites is 1. The Labute approximate surface area is 142 Å². The van der Waals surface area contributed by atoms with Crippen molar-refractivity contribution in [3.05, 3.63) is 60.2 Å². The molecule has 0 aliphatic rings. The van der Waals surface area contributed by atoms with Crippen LogP contribution in [0, 0.1) is 5.82 Å². The van der Waals surface area contributed by atoms with Crippen molar-refractivity contribution >= 4 is 11.6 Å². The monoisotopic (exact) mass is 329 g/mol. The van der Waals surface area contributed by atoms with Crippen LogP contribution in [0.3, 0.4) is 0 Å². The summed E-state index contributed by atoms with van der Waals surface area (Å²) in [6, 6.07) is 12.6. The summed E-state index contributed by atoms with van der Waals surface area (Å²) < 4.78 is 13.7. The lowest BCUT2D eigenvalue weighted by Gasteiger charge is -2.19. The standard InChI is InChI=1S/C18H24FN5/c1-24(17-9-3-2-8-16(17)19)14-6-12-22-18(20)23-13-10-15-7-4-5-11-21-15/h2-5,7-9,11H,6,10,12-14H2,1H3,(H3,20,22,23). The van der Waals surface area contributed by atoms with Crippen molar-refractivity contribution in [2.75, 3.05) is 31.6 Å². The Morgan fingerprint density at radius 3 is 2.79 bits per heavy atom. The van der Waals surface area contributed by atoms with Crippen LogP contribution < -0.4 is 16.0 Å². The zero-order valence-electron chi connectivity index (χ0n) is 14.0. The average Bonchev–Trinajstić information content (AvgIpc) is 2.60. The highest BCUT2D eigenvalue weighted by Crippen LogP contribution is 2.16. The summed E-state index contributed by atoms with van der Waals surface area (Å²) in [6.07, 6.45) is 3.37. The third-order valence-electron chi connectivity index (χ3n) is 3.61. The van der Waals surface area contributed by atoms with E-state index in [9.17, 15) is 4.39 Å². The van der Waals surface area contributed by atoms with Crippen LogP contribution in [0.25, 0.3) is 0 Å². The van der Waals surface area contributed by atoms with E-state index in [2.05, 4.69) is 15.3 Å². The molecule has 24 heavy (non-hydrogen) atoms. The van der Waals surface area contributed by atoms with Crippen molar-refractivity contribution < 1.29 is 4.39 Å². The van der Waals surface area contributed by atoms with E-state index in [0.717, 1.165) is 18.5 Å². The van der Waals surface area contributed by atoms with E-state index in [1.54, 1.807) is 18.3 Å². The third kappa shape index (κ3) is 5.87. The lowest BCUT2D eigenvalue weighted by Crippen LogP contribution is -2.33. The molecule has 0 aliphatic heterocycles. The molecular formula is C18H24FN5. The van der Waals surface area contributed by atoms with Gasteiger partial charge in [-0.15, -0.1) is 0 Å². The summed E-state index contributed by atoms with van der Waals surface area (Å²) in [5, 5.41) is 3.07. The van der Waals surface area contributed by atoms with Gasteiger partial charge in [0.2, 0.25) is 0 Å². The normalized spacial score (nSPS) is 11.3. The molecule has 0 fully saturated rings. The van der Waals surface area contributed by atoms with E-state index in [1.807, 2.05) is 36.2 Å². The van der Waals surface area contributed by atoms with Gasteiger partial charge in [-0.1, -0.05) is 18.2 Å². The number of rotatable bonds is 8. The van der Waals surface area contributed by atoms with Gasteiger partial charge in [0.05, 0.1) is 5.69 Å². The Kier molecular flexibility index (Phi) is 7.01. The number of pyridine rings is 1. The van der Waals surface area contributed by atoms with Gasteiger partial charge in [-0.05, 0) is 30.7 Å². The number of nitrogens with one attached hydrogen (secondary N) is 1. The Bertz CT molecular complexity index is 645. The zero-order chi connectivity index (χ0) is 17.2. The number of guanidine groups is 1. The van der Waals surface area contributed by atoms with Gasteiger partial charge in [0.25, 0.3) is 0 Å². The number of nitrogens with zero attached hydrogens (tertiary/aromatic N) is 3. The predicted molar refractivity (Wildman–Crippen MR) is 96.7 cm³/mol. The predicted octanol–water partition coefficient (Wildman–Crippen LogP) is 2.19. The summed E-state index contributed by atoms with van der Waals surface area (Å²) in [7, 11) is 1.87. The fraction of sp³-hybridized carbons (Fsp3) is 0.333. The van der Waals surface area contributed by atoms with E-state index >= 15 is 0 Å². The second-order valence-electron chi connectivity index (χ2n) is 5.49. The van der Waals surface area contributed by atoms with Crippen molar-refractivity contribution in [2.45, 2.75) is 12.8 Å². The van der Waals surface area contributed by atoms with Crippen LogP contribution >= 0.6 is 0 Å². The minimum absolute atomic E-state index is 0.209. The highest BCUT2D eigenvalue weighted by atomic mass is 19.1. The van der Waals surface area contributed by atoms with Gasteiger partial charge in [-0.2, -0.15) is 0 Å². The molecule has 0 saturated heterocycles. The molecule has 2 aromatic rings. The van der Waals surface area contributed by atoms with Crippen molar-refractivity contribution in [3.8, 4) is 0 Å². The lowest BCUT2D eigenvalue weighted by molar-refractivity contribution is 0.620. The fourth-order valence-corrected chi connectivity index (χ4v) is 2.31. The number of hydrogen-bond donors (Lipinski definition) is 2. The van der Waals surface area contributed by atoms with Crippen molar-refractivity contribution in [3.63, 3.8) is 0 Å². The van der Waals surface area contributed by atoms with E-state index in [4.69, 9.17) is 5.73 Å². The van der Waals surface area contributed by atoms with E-state index in [0.29, 0.717) is 31.3 Å². The Morgan fingerprint density at radius 2 is 2.04 bits per heavy atom. The molecule has 0 aliphatic carbocycles. The van der Waals surface area contributed by atoms with Crippen LogP contribution in [0.5, 0.6) is 0 Å². The van der Waals surface area contributed by atoms with Gasteiger partial charge < -0.3 is 16.0 Å². The topological polar surface area (TPSA) is 66.5 Å². The van der Waals surface area contributed by atoms with Gasteiger partial charge >= 0.3 is 0 Å². The Balaban J connectivity index is 1.65. The van der Waals surface area contributed by atoms with E-state index in [-0.39, 0.29) is 5.82 Å². The van der Waals surface area contributed by atoms with Crippen molar-refractivity contribution in [1.29, 1.82) is 0 Å². The van der Waals surface area contributed by atoms with E-state index < -0.39 is 0 Å². The zero-order valence-corrected chi connectivity index (χ0v) is 14.0. The molecule has 0 unspecified atom stereocenters. The molecule has 0 atom stereocenters. The molecule has 3 N–H and O–H groups in total. The molecule has 6 heteroatoms. The second kappa shape index (κ2) is 9.50. The van der Waals surface area contributed by atoms with Crippen LogP contribution in [0.4, 0.5) is 10.1 Å². The minimum atomic E-state index is -0.209. The molecule has 1 aromatic heterocycles. The number of aliphatic imine (C=N–C) groups is 1. The molecule has 2 rings (SSSR count). The van der Waals surface area contributed by atoms with Crippen molar-refractivity contribution in [2.24, 2.45) is 10.7 Å². The number of anilines is 1. The molecule has 0 spiro atoms. The van der Waals surface area contributed by atoms with Gasteiger partial charge in [0.15, 0.2) is 5.96 Å². The van der Waals surface area contributed by atoms with Crippen LogP contribution in [-0.4, -0.2) is 37.6 Å².